The summed E-state index contributed by atoms with van der Waals surface area (Å²) in [5, 5.41) is 3.76. The number of methoxy groups -OCH3 is 2. The fourth-order valence-corrected chi connectivity index (χ4v) is 3.92. The number of benzene rings is 2. The number of furan rings is 1. The number of fused-ring (bicyclic) bond motifs is 1. The third-order valence-corrected chi connectivity index (χ3v) is 5.56. The highest BCUT2D eigenvalue weighted by Crippen LogP contribution is 2.40. The largest absolute Gasteiger partial charge is 0.497 e. The molecule has 0 atom stereocenters. The molecule has 0 bridgehead atoms. The number of carbonyl (C=O) groups is 1. The van der Waals surface area contributed by atoms with Gasteiger partial charge < -0.3 is 19.2 Å². The van der Waals surface area contributed by atoms with Gasteiger partial charge in [-0.1, -0.05) is 18.2 Å². The number of nitrogens with zero attached hydrogens (tertiary/aromatic N) is 1. The molecule has 168 valence electrons. The molecule has 6 heteroatoms. The number of pyridine rings is 1. The first-order chi connectivity index (χ1) is 15.9. The van der Waals surface area contributed by atoms with E-state index >= 15 is 0 Å². The van der Waals surface area contributed by atoms with Gasteiger partial charge in [0, 0.05) is 33.8 Å². The van der Waals surface area contributed by atoms with Gasteiger partial charge in [-0.15, -0.1) is 0 Å². The molecule has 2 aromatic carbocycles. The lowest BCUT2D eigenvalue weighted by atomic mass is 9.96. The number of anilines is 1. The molecule has 1 amide bonds. The second kappa shape index (κ2) is 9.20. The molecule has 0 saturated heterocycles. The highest BCUT2D eigenvalue weighted by Gasteiger charge is 2.19. The van der Waals surface area contributed by atoms with Crippen molar-refractivity contribution in [2.75, 3.05) is 19.5 Å². The van der Waals surface area contributed by atoms with Crippen LogP contribution in [0.4, 0.5) is 5.82 Å². The normalized spacial score (nSPS) is 11.5. The van der Waals surface area contributed by atoms with Crippen molar-refractivity contribution in [1.29, 1.82) is 0 Å². The van der Waals surface area contributed by atoms with Crippen LogP contribution in [0.3, 0.4) is 0 Å². The molecular formula is C27H26N2O4. The summed E-state index contributed by atoms with van der Waals surface area (Å²) in [5.41, 5.74) is 6.02. The van der Waals surface area contributed by atoms with E-state index in [2.05, 4.69) is 10.3 Å². The molecule has 0 fully saturated rings. The molecule has 2 heterocycles. The molecule has 0 saturated carbocycles. The predicted octanol–water partition coefficient (Wildman–Crippen LogP) is 6.17. The van der Waals surface area contributed by atoms with Crippen molar-refractivity contribution in [3.8, 4) is 22.6 Å². The second-order valence-corrected chi connectivity index (χ2v) is 7.82. The predicted molar refractivity (Wildman–Crippen MR) is 131 cm³/mol. The molecule has 33 heavy (non-hydrogen) atoms. The molecule has 0 unspecified atom stereocenters. The Balaban J connectivity index is 1.75. The van der Waals surface area contributed by atoms with Gasteiger partial charge in [0.05, 0.1) is 20.5 Å². The van der Waals surface area contributed by atoms with Crippen molar-refractivity contribution < 1.29 is 18.7 Å². The van der Waals surface area contributed by atoms with Crippen molar-refractivity contribution in [3.05, 3.63) is 77.7 Å². The van der Waals surface area contributed by atoms with Gasteiger partial charge in [-0.05, 0) is 62.2 Å². The Morgan fingerprint density at radius 1 is 1.06 bits per heavy atom. The van der Waals surface area contributed by atoms with Crippen LogP contribution in [-0.2, 0) is 4.79 Å². The van der Waals surface area contributed by atoms with E-state index in [9.17, 15) is 4.79 Å². The highest BCUT2D eigenvalue weighted by atomic mass is 16.5. The van der Waals surface area contributed by atoms with Crippen LogP contribution in [0.5, 0.6) is 11.5 Å². The fourth-order valence-electron chi connectivity index (χ4n) is 3.92. The van der Waals surface area contributed by atoms with Crippen LogP contribution in [0.1, 0.15) is 23.7 Å². The number of hydrogen-bond donors (Lipinski definition) is 1. The maximum Gasteiger partial charge on any atom is 0.249 e. The van der Waals surface area contributed by atoms with Crippen LogP contribution in [0.2, 0.25) is 0 Å². The number of carbonyl (C=O) groups excluding carboxylic acids is 1. The number of aromatic nitrogens is 1. The van der Waals surface area contributed by atoms with Gasteiger partial charge in [-0.25, -0.2) is 4.98 Å². The first-order valence-electron chi connectivity index (χ1n) is 10.6. The lowest BCUT2D eigenvalue weighted by Gasteiger charge is -2.13. The van der Waals surface area contributed by atoms with Gasteiger partial charge in [-0.3, -0.25) is 4.79 Å². The summed E-state index contributed by atoms with van der Waals surface area (Å²) in [4.78, 5) is 17.0. The van der Waals surface area contributed by atoms with Crippen LogP contribution in [-0.4, -0.2) is 25.1 Å². The minimum absolute atomic E-state index is 0.257. The number of amides is 1. The number of aryl methyl sites for hydroxylation is 2. The van der Waals surface area contributed by atoms with Crippen LogP contribution < -0.4 is 14.8 Å². The lowest BCUT2D eigenvalue weighted by molar-refractivity contribution is -0.111. The molecule has 2 aromatic heterocycles. The third-order valence-electron chi connectivity index (χ3n) is 5.56. The summed E-state index contributed by atoms with van der Waals surface area (Å²) in [6.07, 6.45) is 3.30. The molecule has 0 spiro atoms. The van der Waals surface area contributed by atoms with E-state index in [1.54, 1.807) is 32.6 Å². The van der Waals surface area contributed by atoms with Gasteiger partial charge in [0.15, 0.2) is 0 Å². The Labute approximate surface area is 192 Å². The van der Waals surface area contributed by atoms with E-state index < -0.39 is 0 Å². The minimum atomic E-state index is -0.257. The smallest absolute Gasteiger partial charge is 0.249 e. The summed E-state index contributed by atoms with van der Waals surface area (Å²) in [7, 11) is 3.26. The van der Waals surface area contributed by atoms with Crippen LogP contribution in [0.25, 0.3) is 27.7 Å². The zero-order valence-electron chi connectivity index (χ0n) is 19.4. The molecular weight excluding hydrogens is 416 g/mol. The Hall–Kier alpha value is -4.06. The molecule has 0 aliphatic rings. The molecule has 4 aromatic rings. The van der Waals surface area contributed by atoms with Crippen molar-refractivity contribution >= 4 is 28.3 Å². The Morgan fingerprint density at radius 3 is 2.48 bits per heavy atom. The van der Waals surface area contributed by atoms with E-state index in [0.29, 0.717) is 11.6 Å². The van der Waals surface area contributed by atoms with Gasteiger partial charge in [-0.2, -0.15) is 0 Å². The first-order valence-corrected chi connectivity index (χ1v) is 10.6. The Bertz CT molecular complexity index is 1350. The zero-order valence-corrected chi connectivity index (χ0v) is 19.4. The van der Waals surface area contributed by atoms with Crippen LogP contribution in [0.15, 0.2) is 65.3 Å². The summed E-state index contributed by atoms with van der Waals surface area (Å²) >= 11 is 0. The molecule has 0 aliphatic carbocycles. The second-order valence-electron chi connectivity index (χ2n) is 7.82. The van der Waals surface area contributed by atoms with E-state index in [4.69, 9.17) is 13.9 Å². The summed E-state index contributed by atoms with van der Waals surface area (Å²) < 4.78 is 16.9. The number of hydrogen-bond acceptors (Lipinski definition) is 5. The topological polar surface area (TPSA) is 73.6 Å². The van der Waals surface area contributed by atoms with Gasteiger partial charge in [0.1, 0.15) is 22.9 Å². The first kappa shape index (κ1) is 22.1. The van der Waals surface area contributed by atoms with Crippen LogP contribution >= 0.6 is 0 Å². The standard InChI is InChI=1S/C27H26N2O4/c1-16(13-25(30)29-24-8-6-7-17(2)28-24)21-14-22-23(19-9-11-20(31-4)12-10-19)15-33-27(22)18(3)26(21)32-5/h6-15H,1-5H3,(H,28,29,30)/b16-13+. The van der Waals surface area contributed by atoms with Crippen molar-refractivity contribution in [2.45, 2.75) is 20.8 Å². The van der Waals surface area contributed by atoms with Crippen molar-refractivity contribution in [2.24, 2.45) is 0 Å². The molecule has 1 N–H and O–H groups in total. The SMILES string of the molecule is COc1ccc(-c2coc3c(C)c(OC)c(/C(C)=C/C(=O)Nc4cccc(C)n4)cc23)cc1. The maximum absolute atomic E-state index is 12.7. The van der Waals surface area contributed by atoms with Crippen LogP contribution in [0, 0.1) is 13.8 Å². The third kappa shape index (κ3) is 4.46. The molecule has 4 rings (SSSR count). The summed E-state index contributed by atoms with van der Waals surface area (Å²) in [5.74, 6) is 1.72. The zero-order chi connectivity index (χ0) is 23.5. The molecule has 0 radical (unpaired) electrons. The Kier molecular flexibility index (Phi) is 6.18. The average Bonchev–Trinajstić information content (AvgIpc) is 3.23. The van der Waals surface area contributed by atoms with Gasteiger partial charge in [0.25, 0.3) is 0 Å². The van der Waals surface area contributed by atoms with Crippen molar-refractivity contribution in [3.63, 3.8) is 0 Å². The minimum Gasteiger partial charge on any atom is -0.497 e. The number of rotatable bonds is 6. The monoisotopic (exact) mass is 442 g/mol. The van der Waals surface area contributed by atoms with Crippen molar-refractivity contribution in [1.82, 2.24) is 4.98 Å². The summed E-state index contributed by atoms with van der Waals surface area (Å²) in [6.45, 7) is 5.72. The van der Waals surface area contributed by atoms with Gasteiger partial charge in [0.2, 0.25) is 5.91 Å². The Morgan fingerprint density at radius 2 is 1.82 bits per heavy atom. The number of allylic oxidation sites excluding steroid dienone is 1. The maximum atomic E-state index is 12.7. The fraction of sp³-hybridized carbons (Fsp3) is 0.185. The van der Waals surface area contributed by atoms with E-state index in [1.807, 2.05) is 63.2 Å². The quantitative estimate of drug-likeness (QED) is 0.362. The lowest BCUT2D eigenvalue weighted by Crippen LogP contribution is -2.10. The highest BCUT2D eigenvalue weighted by molar-refractivity contribution is 6.05. The van der Waals surface area contributed by atoms with E-state index in [0.717, 1.165) is 50.2 Å². The summed E-state index contributed by atoms with van der Waals surface area (Å²) in [6, 6.07) is 15.3. The molecule has 0 aliphatic heterocycles. The average molecular weight is 443 g/mol. The van der Waals surface area contributed by atoms with E-state index in [1.165, 1.54) is 0 Å². The molecule has 6 nitrogen and oxygen atoms in total. The van der Waals surface area contributed by atoms with Gasteiger partial charge >= 0.3 is 0 Å². The number of ether oxygens (including phenoxy) is 2. The van der Waals surface area contributed by atoms with E-state index in [-0.39, 0.29) is 5.91 Å². The number of nitrogens with one attached hydrogen (secondary N) is 1.